The van der Waals surface area contributed by atoms with E-state index in [1.807, 2.05) is 36.5 Å². The van der Waals surface area contributed by atoms with Gasteiger partial charge in [0.25, 0.3) is 0 Å². The Morgan fingerprint density at radius 2 is 1.83 bits per heavy atom. The molecule has 1 aliphatic carbocycles. The van der Waals surface area contributed by atoms with Gasteiger partial charge in [-0.15, -0.1) is 0 Å². The molecule has 0 spiro atoms. The zero-order valence-corrected chi connectivity index (χ0v) is 26.4. The first-order valence-electron chi connectivity index (χ1n) is 15.1. The fourth-order valence-corrected chi connectivity index (χ4v) is 6.97. The third-order valence-electron chi connectivity index (χ3n) is 8.58. The number of hydrogen-bond acceptors (Lipinski definition) is 8. The zero-order chi connectivity index (χ0) is 29.4. The third-order valence-corrected chi connectivity index (χ3v) is 9.53. The third kappa shape index (κ3) is 5.62. The monoisotopic (exact) mass is 582 g/mol. The average molecular weight is 583 g/mol. The second kappa shape index (κ2) is 11.8. The Bertz CT molecular complexity index is 1610. The van der Waals surface area contributed by atoms with Gasteiger partial charge in [0.15, 0.2) is 5.13 Å². The van der Waals surface area contributed by atoms with Crippen LogP contribution in [0.15, 0.2) is 65.9 Å². The summed E-state index contributed by atoms with van der Waals surface area (Å²) in [6.45, 7) is 9.77. The van der Waals surface area contributed by atoms with E-state index < -0.39 is 0 Å². The number of hydrazine groups is 1. The van der Waals surface area contributed by atoms with Crippen LogP contribution in [0.3, 0.4) is 0 Å². The Balaban J connectivity index is 1.24. The Morgan fingerprint density at radius 1 is 1.05 bits per heavy atom. The van der Waals surface area contributed by atoms with Crippen molar-refractivity contribution in [2.24, 2.45) is 5.92 Å². The van der Waals surface area contributed by atoms with Gasteiger partial charge < -0.3 is 10.2 Å². The van der Waals surface area contributed by atoms with Crippen LogP contribution in [0, 0.1) is 12.8 Å². The summed E-state index contributed by atoms with van der Waals surface area (Å²) in [5.41, 5.74) is 10.3. The second-order valence-corrected chi connectivity index (χ2v) is 13.0. The van der Waals surface area contributed by atoms with E-state index in [4.69, 9.17) is 15.1 Å². The summed E-state index contributed by atoms with van der Waals surface area (Å²) in [6.07, 6.45) is 10.9. The van der Waals surface area contributed by atoms with Gasteiger partial charge in [0.05, 0.1) is 22.1 Å². The predicted octanol–water partition coefficient (Wildman–Crippen LogP) is 7.64. The van der Waals surface area contributed by atoms with Crippen LogP contribution in [-0.2, 0) is 6.54 Å². The number of fused-ring (bicyclic) bond motifs is 1. The van der Waals surface area contributed by atoms with E-state index in [1.54, 1.807) is 11.3 Å². The van der Waals surface area contributed by atoms with Gasteiger partial charge in [0.2, 0.25) is 0 Å². The number of aromatic nitrogens is 4. The van der Waals surface area contributed by atoms with Gasteiger partial charge >= 0.3 is 0 Å². The SMILES string of the molecule is CC1=C(Nc2nc3ccccc3s2)NN(C)C(N(C)c2ccc(-c3cnn(CC4CCCCC4)c3C)c(C(C)C)n2)=C1. The van der Waals surface area contributed by atoms with E-state index in [-0.39, 0.29) is 5.92 Å². The molecule has 220 valence electrons. The fraction of sp³-hybridized carbons (Fsp3) is 0.424. The van der Waals surface area contributed by atoms with Crippen LogP contribution in [0.25, 0.3) is 21.3 Å². The quantitative estimate of drug-likeness (QED) is 0.221. The molecule has 2 N–H and O–H groups in total. The van der Waals surface area contributed by atoms with E-state index in [0.29, 0.717) is 0 Å². The Morgan fingerprint density at radius 3 is 2.60 bits per heavy atom. The van der Waals surface area contributed by atoms with Gasteiger partial charge in [-0.1, -0.05) is 56.6 Å². The molecule has 9 heteroatoms. The number of rotatable bonds is 8. The molecule has 0 unspecified atom stereocenters. The fourth-order valence-electron chi connectivity index (χ4n) is 6.10. The van der Waals surface area contributed by atoms with Gasteiger partial charge in [-0.05, 0) is 74.4 Å². The normalized spacial score (nSPS) is 16.3. The second-order valence-electron chi connectivity index (χ2n) is 12.0. The molecule has 8 nitrogen and oxygen atoms in total. The number of nitrogens with zero attached hydrogens (tertiary/aromatic N) is 6. The largest absolute Gasteiger partial charge is 0.316 e. The standard InChI is InChI=1S/C33H42N8S/c1-21(2)31-25(26-19-34-41(23(26)4)20-24-12-8-7-9-13-24)16-17-29(36-31)39(5)30-18-22(3)32(38-40(30)6)37-33-35-27-14-10-11-15-28(27)42-33/h10-11,14-19,21,24,38H,7-9,12-13,20H2,1-6H3,(H,35,37). The molecule has 1 aromatic carbocycles. The van der Waals surface area contributed by atoms with Gasteiger partial charge in [-0.2, -0.15) is 5.10 Å². The number of pyridine rings is 1. The van der Waals surface area contributed by atoms with Crippen molar-refractivity contribution in [3.63, 3.8) is 0 Å². The molecule has 3 aromatic heterocycles. The van der Waals surface area contributed by atoms with E-state index in [9.17, 15) is 0 Å². The van der Waals surface area contributed by atoms with E-state index in [2.05, 4.69) is 79.3 Å². The van der Waals surface area contributed by atoms with Gasteiger partial charge in [-0.25, -0.2) is 9.97 Å². The van der Waals surface area contributed by atoms with E-state index >= 15 is 0 Å². The van der Waals surface area contributed by atoms with Crippen molar-refractivity contribution in [2.75, 3.05) is 24.3 Å². The Kier molecular flexibility index (Phi) is 7.94. The minimum atomic E-state index is 0.275. The van der Waals surface area contributed by atoms with Crippen LogP contribution >= 0.6 is 11.3 Å². The number of thiazole rings is 1. The number of anilines is 2. The molecule has 6 rings (SSSR count). The maximum Gasteiger partial charge on any atom is 0.189 e. The molecule has 0 saturated heterocycles. The van der Waals surface area contributed by atoms with Gasteiger partial charge in [0.1, 0.15) is 17.5 Å². The molecule has 42 heavy (non-hydrogen) atoms. The van der Waals surface area contributed by atoms with Crippen molar-refractivity contribution in [3.8, 4) is 11.1 Å². The lowest BCUT2D eigenvalue weighted by Crippen LogP contribution is -2.44. The van der Waals surface area contributed by atoms with Crippen molar-refractivity contribution in [2.45, 2.75) is 72.3 Å². The van der Waals surface area contributed by atoms with Crippen LogP contribution in [0.4, 0.5) is 10.9 Å². The minimum Gasteiger partial charge on any atom is -0.316 e. The first-order valence-corrected chi connectivity index (χ1v) is 15.9. The molecule has 1 saturated carbocycles. The van der Waals surface area contributed by atoms with Crippen LogP contribution in [0.1, 0.15) is 70.2 Å². The van der Waals surface area contributed by atoms with E-state index in [0.717, 1.165) is 51.8 Å². The molecule has 1 fully saturated rings. The Hall–Kier alpha value is -3.85. The first-order chi connectivity index (χ1) is 20.3. The summed E-state index contributed by atoms with van der Waals surface area (Å²) in [4.78, 5) is 12.1. The smallest absolute Gasteiger partial charge is 0.189 e. The van der Waals surface area contributed by atoms with Crippen molar-refractivity contribution in [1.29, 1.82) is 0 Å². The summed E-state index contributed by atoms with van der Waals surface area (Å²) in [5, 5.41) is 11.2. The van der Waals surface area contributed by atoms with Crippen molar-refractivity contribution < 1.29 is 0 Å². The van der Waals surface area contributed by atoms with Gasteiger partial charge in [0, 0.05) is 37.5 Å². The van der Waals surface area contributed by atoms with Crippen molar-refractivity contribution in [3.05, 3.63) is 77.3 Å². The molecule has 4 heterocycles. The highest BCUT2D eigenvalue weighted by molar-refractivity contribution is 7.22. The molecule has 2 aliphatic rings. The lowest BCUT2D eigenvalue weighted by molar-refractivity contribution is 0.306. The van der Waals surface area contributed by atoms with Crippen LogP contribution in [0.2, 0.25) is 0 Å². The number of benzene rings is 1. The molecule has 0 radical (unpaired) electrons. The zero-order valence-electron chi connectivity index (χ0n) is 25.6. The van der Waals surface area contributed by atoms with Crippen LogP contribution < -0.4 is 15.6 Å². The summed E-state index contributed by atoms with van der Waals surface area (Å²) in [6, 6.07) is 12.6. The molecule has 4 aromatic rings. The molecule has 0 bridgehead atoms. The lowest BCUT2D eigenvalue weighted by Gasteiger charge is -2.35. The van der Waals surface area contributed by atoms with Crippen LogP contribution in [0.5, 0.6) is 0 Å². The maximum atomic E-state index is 5.21. The minimum absolute atomic E-state index is 0.275. The molecular formula is C33H42N8S. The number of para-hydroxylation sites is 1. The topological polar surface area (TPSA) is 74.1 Å². The highest BCUT2D eigenvalue weighted by Crippen LogP contribution is 2.34. The summed E-state index contributed by atoms with van der Waals surface area (Å²) in [7, 11) is 4.10. The van der Waals surface area contributed by atoms with Crippen molar-refractivity contribution in [1.82, 2.24) is 30.2 Å². The van der Waals surface area contributed by atoms with Gasteiger partial charge in [-0.3, -0.25) is 15.1 Å². The molecule has 0 atom stereocenters. The molecular weight excluding hydrogens is 540 g/mol. The molecule has 0 amide bonds. The van der Waals surface area contributed by atoms with E-state index in [1.165, 1.54) is 53.6 Å². The first kappa shape index (κ1) is 28.3. The lowest BCUT2D eigenvalue weighted by atomic mass is 9.89. The number of allylic oxidation sites excluding steroid dienone is 2. The summed E-state index contributed by atoms with van der Waals surface area (Å²) >= 11 is 1.65. The Labute approximate surface area is 253 Å². The maximum absolute atomic E-state index is 5.21. The highest BCUT2D eigenvalue weighted by Gasteiger charge is 2.23. The molecule has 1 aliphatic heterocycles. The number of hydrogen-bond donors (Lipinski definition) is 2. The van der Waals surface area contributed by atoms with Crippen molar-refractivity contribution >= 4 is 32.5 Å². The number of nitrogens with one attached hydrogen (secondary N) is 2. The summed E-state index contributed by atoms with van der Waals surface area (Å²) < 4.78 is 3.39. The summed E-state index contributed by atoms with van der Waals surface area (Å²) in [5.74, 6) is 3.85. The highest BCUT2D eigenvalue weighted by atomic mass is 32.1. The average Bonchev–Trinajstić information content (AvgIpc) is 3.57. The predicted molar refractivity (Wildman–Crippen MR) is 174 cm³/mol. The van der Waals surface area contributed by atoms with Crippen LogP contribution in [-0.4, -0.2) is 38.9 Å².